The number of unbranched alkanes of at least 4 members (excludes halogenated alkanes) is 1. The second kappa shape index (κ2) is 12.6. The number of rotatable bonds is 10. The van der Waals surface area contributed by atoms with Gasteiger partial charge in [-0.05, 0) is 87.5 Å². The number of aliphatic imine (C=N–C) groups is 3. The van der Waals surface area contributed by atoms with Crippen LogP contribution in [0.4, 0.5) is 0 Å². The molecule has 8 bridgehead atoms. The number of nitrogens with one attached hydrogen (secondary N) is 1. The van der Waals surface area contributed by atoms with Crippen molar-refractivity contribution < 1.29 is 19.7 Å². The van der Waals surface area contributed by atoms with E-state index in [4.69, 9.17) is 19.7 Å². The first kappa shape index (κ1) is 31.9. The monoisotopic (exact) mass is 622 g/mol. The van der Waals surface area contributed by atoms with Crippen LogP contribution >= 0.6 is 0 Å². The lowest BCUT2D eigenvalue weighted by Gasteiger charge is -2.17. The summed E-state index contributed by atoms with van der Waals surface area (Å²) in [5.74, 6) is -0.549. The summed E-state index contributed by atoms with van der Waals surface area (Å²) in [5.41, 5.74) is 14.1. The molecular weight excluding hydrogens is 576 g/mol. The Balaban J connectivity index is 1.53. The molecule has 6 rings (SSSR count). The van der Waals surface area contributed by atoms with Crippen LogP contribution in [0, 0.1) is 11.8 Å². The van der Waals surface area contributed by atoms with Crippen molar-refractivity contribution in [1.29, 1.82) is 0 Å². The highest BCUT2D eigenvalue weighted by molar-refractivity contribution is 6.21. The van der Waals surface area contributed by atoms with E-state index < -0.39 is 5.97 Å². The van der Waals surface area contributed by atoms with Crippen molar-refractivity contribution in [1.82, 2.24) is 5.32 Å². The van der Waals surface area contributed by atoms with Gasteiger partial charge >= 0.3 is 5.97 Å². The maximum absolute atomic E-state index is 11.7. The summed E-state index contributed by atoms with van der Waals surface area (Å²) in [5, 5.41) is 24.5. The number of aliphatic hydroxyl groups excluding tert-OH is 1. The van der Waals surface area contributed by atoms with Gasteiger partial charge in [0.2, 0.25) is 0 Å². The molecule has 3 N–H and O–H groups in total. The second-order valence-electron chi connectivity index (χ2n) is 13.3. The summed E-state index contributed by atoms with van der Waals surface area (Å²) in [4.78, 5) is 27.1. The number of aliphatic carboxylic acids is 1. The Morgan fingerprint density at radius 3 is 2.41 bits per heavy atom. The van der Waals surface area contributed by atoms with E-state index in [2.05, 4.69) is 59.0 Å². The van der Waals surface area contributed by atoms with Crippen LogP contribution in [0.25, 0.3) is 0 Å². The number of carboxylic acid groups (broad SMARTS) is 1. The number of aliphatic hydroxyl groups is 1. The van der Waals surface area contributed by atoms with E-state index in [9.17, 15) is 15.0 Å². The molecule has 1 aliphatic carbocycles. The van der Waals surface area contributed by atoms with Crippen molar-refractivity contribution in [2.24, 2.45) is 26.8 Å². The van der Waals surface area contributed by atoms with Gasteiger partial charge in [0.05, 0.1) is 46.9 Å². The number of carbonyl (C=O) groups is 1. The number of carboxylic acids is 1. The molecule has 1 fully saturated rings. The number of nitrogens with zero attached hydrogens (tertiary/aromatic N) is 3. The lowest BCUT2D eigenvalue weighted by molar-refractivity contribution is -0.137. The van der Waals surface area contributed by atoms with Crippen molar-refractivity contribution in [3.8, 4) is 0 Å². The first-order valence-corrected chi connectivity index (χ1v) is 16.8. The van der Waals surface area contributed by atoms with Crippen molar-refractivity contribution in [3.63, 3.8) is 0 Å². The molecule has 0 spiro atoms. The van der Waals surface area contributed by atoms with Crippen molar-refractivity contribution in [3.05, 3.63) is 91.5 Å². The maximum Gasteiger partial charge on any atom is 0.303 e. The zero-order chi connectivity index (χ0) is 32.9. The van der Waals surface area contributed by atoms with Gasteiger partial charge in [0, 0.05) is 52.8 Å². The van der Waals surface area contributed by atoms with Crippen molar-refractivity contribution in [2.75, 3.05) is 6.61 Å². The van der Waals surface area contributed by atoms with Crippen LogP contribution in [0.3, 0.4) is 0 Å². The molecule has 0 saturated carbocycles. The van der Waals surface area contributed by atoms with Crippen molar-refractivity contribution >= 4 is 23.1 Å². The standard InChI is InChI=1S/C38H46N4O4/c1-8-10-11-19(3)46-18-27-22(6)28-15-30-21(5)25(12-13-35(44)45)37(41-30)26-14-34(43)36-23(7)31(42-38(26)36)17-32-24(9-2)20(4)29(39-32)16-33(27)40-28/h15-17,19,21,25,41,43H,8-14,18H2,1-7H3,(H,44,45)/t19?,21?,25-/m0/s1. The highest BCUT2D eigenvalue weighted by Gasteiger charge is 2.41. The Labute approximate surface area is 272 Å². The van der Waals surface area contributed by atoms with Gasteiger partial charge in [-0.2, -0.15) is 0 Å². The van der Waals surface area contributed by atoms with E-state index in [0.717, 1.165) is 105 Å². The zero-order valence-electron chi connectivity index (χ0n) is 28.2. The third-order valence-corrected chi connectivity index (χ3v) is 10.3. The fourth-order valence-electron chi connectivity index (χ4n) is 7.42. The summed E-state index contributed by atoms with van der Waals surface area (Å²) < 4.78 is 6.38. The van der Waals surface area contributed by atoms with Crippen LogP contribution in [0.5, 0.6) is 0 Å². The molecule has 8 heteroatoms. The third kappa shape index (κ3) is 5.61. The molecule has 5 heterocycles. The smallest absolute Gasteiger partial charge is 0.303 e. The number of hydrogen-bond acceptors (Lipinski definition) is 7. The average Bonchev–Trinajstić information content (AvgIpc) is 3.76. The fraction of sp³-hybridized carbons (Fsp3) is 0.474. The van der Waals surface area contributed by atoms with Crippen molar-refractivity contribution in [2.45, 2.75) is 99.5 Å². The van der Waals surface area contributed by atoms with E-state index >= 15 is 0 Å². The molecule has 0 aromatic carbocycles. The predicted molar refractivity (Wildman–Crippen MR) is 184 cm³/mol. The van der Waals surface area contributed by atoms with E-state index in [-0.39, 0.29) is 24.4 Å². The highest BCUT2D eigenvalue weighted by atomic mass is 16.5. The summed E-state index contributed by atoms with van der Waals surface area (Å²) in [6, 6.07) is 0. The molecule has 0 aromatic heterocycles. The van der Waals surface area contributed by atoms with E-state index in [1.807, 2.05) is 13.0 Å². The van der Waals surface area contributed by atoms with Gasteiger partial charge in [-0.25, -0.2) is 15.0 Å². The van der Waals surface area contributed by atoms with Gasteiger partial charge < -0.3 is 20.3 Å². The first-order valence-electron chi connectivity index (χ1n) is 16.8. The third-order valence-electron chi connectivity index (χ3n) is 10.3. The van der Waals surface area contributed by atoms with Gasteiger partial charge in [-0.1, -0.05) is 33.6 Å². The van der Waals surface area contributed by atoms with E-state index in [1.165, 1.54) is 5.57 Å². The molecule has 242 valence electrons. The average molecular weight is 623 g/mol. The Hall–Kier alpha value is -4.04. The number of fused-ring (bicyclic) bond motifs is 5. The molecule has 6 aliphatic rings. The molecular formula is C38H46N4O4. The quantitative estimate of drug-likeness (QED) is 0.228. The van der Waals surface area contributed by atoms with E-state index in [0.29, 0.717) is 25.2 Å². The molecule has 0 amide bonds. The van der Waals surface area contributed by atoms with Crippen LogP contribution in [0.2, 0.25) is 0 Å². The Bertz CT molecular complexity index is 1750. The highest BCUT2D eigenvalue weighted by Crippen LogP contribution is 2.46. The topological polar surface area (TPSA) is 116 Å². The summed E-state index contributed by atoms with van der Waals surface area (Å²) in [6.45, 7) is 15.3. The molecule has 1 saturated heterocycles. The van der Waals surface area contributed by atoms with Gasteiger partial charge in [0.25, 0.3) is 0 Å². The normalized spacial score (nSPS) is 24.4. The van der Waals surface area contributed by atoms with Crippen LogP contribution < -0.4 is 5.32 Å². The number of hydrogen-bond donors (Lipinski definition) is 3. The number of ether oxygens (including phenoxy) is 1. The van der Waals surface area contributed by atoms with Gasteiger partial charge in [0.15, 0.2) is 0 Å². The van der Waals surface area contributed by atoms with Crippen LogP contribution in [-0.4, -0.2) is 46.0 Å². The minimum Gasteiger partial charge on any atom is -0.511 e. The van der Waals surface area contributed by atoms with Gasteiger partial charge in [0.1, 0.15) is 5.76 Å². The maximum atomic E-state index is 11.7. The summed E-state index contributed by atoms with van der Waals surface area (Å²) in [6.07, 6.45) is 11.4. The molecule has 3 atom stereocenters. The SMILES string of the molecule is CCCCC(C)OCC1=C(C)C2=NC1=CC1=NC(=CC3=C(C)C4=C(O)CC(=C5NC(=C2)C(C)[C@@H]5CCC(=O)O)C4=N3)C(CC)=C1C. The Morgan fingerprint density at radius 2 is 1.72 bits per heavy atom. The largest absolute Gasteiger partial charge is 0.511 e. The second-order valence-corrected chi connectivity index (χ2v) is 13.3. The Kier molecular flexibility index (Phi) is 8.77. The molecule has 5 aliphatic heterocycles. The van der Waals surface area contributed by atoms with Gasteiger partial charge in [-0.15, -0.1) is 0 Å². The lowest BCUT2D eigenvalue weighted by Crippen LogP contribution is -2.15. The fourth-order valence-corrected chi connectivity index (χ4v) is 7.42. The molecule has 0 aromatic rings. The minimum atomic E-state index is -0.817. The van der Waals surface area contributed by atoms with Crippen LogP contribution in [0.1, 0.15) is 93.4 Å². The van der Waals surface area contributed by atoms with Gasteiger partial charge in [-0.3, -0.25) is 4.79 Å². The zero-order valence-corrected chi connectivity index (χ0v) is 28.2. The first-order chi connectivity index (χ1) is 22.0. The lowest BCUT2D eigenvalue weighted by atomic mass is 9.86. The molecule has 8 nitrogen and oxygen atoms in total. The minimum absolute atomic E-state index is 0.0244. The van der Waals surface area contributed by atoms with E-state index in [1.54, 1.807) is 0 Å². The summed E-state index contributed by atoms with van der Waals surface area (Å²) >= 11 is 0. The van der Waals surface area contributed by atoms with Crippen LogP contribution in [0.15, 0.2) is 106 Å². The predicted octanol–water partition coefficient (Wildman–Crippen LogP) is 8.12. The molecule has 2 unspecified atom stereocenters. The Morgan fingerprint density at radius 1 is 1.02 bits per heavy atom. The number of allylic oxidation sites excluding steroid dienone is 11. The molecule has 0 radical (unpaired) electrons. The van der Waals surface area contributed by atoms with Crippen LogP contribution in [-0.2, 0) is 9.53 Å². The molecule has 46 heavy (non-hydrogen) atoms. The summed E-state index contributed by atoms with van der Waals surface area (Å²) in [7, 11) is 0.